The van der Waals surface area contributed by atoms with Gasteiger partial charge in [0.1, 0.15) is 0 Å². The summed E-state index contributed by atoms with van der Waals surface area (Å²) in [6.45, 7) is 15.7. The molecule has 0 radical (unpaired) electrons. The first kappa shape index (κ1) is 29.7. The van der Waals surface area contributed by atoms with Gasteiger partial charge in [0.05, 0.1) is 8.07 Å². The molecule has 0 saturated heterocycles. The molecule has 4 aliphatic rings. The first-order valence-corrected chi connectivity index (χ1v) is 20.9. The number of allylic oxidation sites excluding steroid dienone is 8. The van der Waals surface area contributed by atoms with E-state index in [1.807, 2.05) is 0 Å². The molecule has 2 fully saturated rings. The molecule has 31 heavy (non-hydrogen) atoms. The van der Waals surface area contributed by atoms with Crippen LogP contribution in [0.2, 0.25) is 24.2 Å². The van der Waals surface area contributed by atoms with E-state index in [-0.39, 0.29) is 14.9 Å². The molecular formula is C27H44Cl2SiZr. The van der Waals surface area contributed by atoms with E-state index >= 15 is 0 Å². The van der Waals surface area contributed by atoms with Crippen LogP contribution in [0.5, 0.6) is 0 Å². The van der Waals surface area contributed by atoms with Gasteiger partial charge in [0.15, 0.2) is 0 Å². The molecule has 8 unspecified atom stereocenters. The zero-order valence-electron chi connectivity index (χ0n) is 20.9. The average Bonchev–Trinajstić information content (AvgIpc) is 3.20. The van der Waals surface area contributed by atoms with Crippen LogP contribution in [0.3, 0.4) is 0 Å². The van der Waals surface area contributed by atoms with Gasteiger partial charge >= 0.3 is 37.9 Å². The third kappa shape index (κ3) is 5.66. The predicted octanol–water partition coefficient (Wildman–Crippen LogP) is 9.39. The molecule has 4 heteroatoms. The monoisotopic (exact) mass is 556 g/mol. The predicted molar refractivity (Wildman–Crippen MR) is 141 cm³/mol. The van der Waals surface area contributed by atoms with Gasteiger partial charge in [-0.1, -0.05) is 89.4 Å². The first-order valence-electron chi connectivity index (χ1n) is 11.4. The Morgan fingerprint density at radius 2 is 1.19 bits per heavy atom. The molecular weight excluding hydrogens is 515 g/mol. The van der Waals surface area contributed by atoms with E-state index in [0.717, 1.165) is 58.4 Å². The molecule has 174 valence electrons. The summed E-state index contributed by atoms with van der Waals surface area (Å²) >= 11 is -0.826. The second kappa shape index (κ2) is 12.4. The Labute approximate surface area is 213 Å². The third-order valence-electron chi connectivity index (χ3n) is 8.86. The fraction of sp³-hybridized carbons (Fsp3) is 0.630. The Bertz CT molecular complexity index is 657. The number of rotatable bonds is 3. The van der Waals surface area contributed by atoms with Crippen molar-refractivity contribution in [1.29, 1.82) is 0 Å². The van der Waals surface area contributed by atoms with Crippen molar-refractivity contribution in [1.82, 2.24) is 0 Å². The number of fused-ring (bicyclic) bond motifs is 2. The van der Waals surface area contributed by atoms with E-state index in [9.17, 15) is 0 Å². The van der Waals surface area contributed by atoms with Crippen molar-refractivity contribution in [2.75, 3.05) is 0 Å². The summed E-state index contributed by atoms with van der Waals surface area (Å²) in [4.78, 5) is 0. The molecule has 0 nitrogen and oxygen atoms in total. The molecule has 0 bridgehead atoms. The second-order valence-corrected chi connectivity index (χ2v) is 19.4. The van der Waals surface area contributed by atoms with Crippen LogP contribution in [-0.4, -0.2) is 8.07 Å². The Hall–Kier alpha value is 0.640. The number of hydrogen-bond donors (Lipinski definition) is 0. The molecule has 0 aromatic heterocycles. The summed E-state index contributed by atoms with van der Waals surface area (Å²) in [5.74, 6) is 6.58. The number of hydrogen-bond acceptors (Lipinski definition) is 0. The fourth-order valence-electron chi connectivity index (χ4n) is 8.00. The standard InChI is InChI=1S/C25H38Si.2CH3.2ClH.Zr/c1-16(2)23-15-19-11-7-8-14-22(19)25(23)26(5,6)24-17(3)20-12-9-10-13-21(20)18(24)4;;;;;/h7-14,16-25H,15H2,1-6H3;2*1H3;2*1H;/q;2*-1;;;+4/p-2. The van der Waals surface area contributed by atoms with Crippen molar-refractivity contribution in [3.8, 4) is 0 Å². The molecule has 4 aliphatic carbocycles. The van der Waals surface area contributed by atoms with Crippen LogP contribution in [0.1, 0.15) is 34.1 Å². The van der Waals surface area contributed by atoms with Crippen molar-refractivity contribution >= 4 is 25.1 Å². The van der Waals surface area contributed by atoms with E-state index in [4.69, 9.17) is 17.0 Å². The minimum atomic E-state index is -1.44. The molecule has 0 aromatic rings. The quantitative estimate of drug-likeness (QED) is 0.239. The summed E-state index contributed by atoms with van der Waals surface area (Å²) in [7, 11) is 8.43. The molecule has 2 saturated carbocycles. The van der Waals surface area contributed by atoms with Crippen LogP contribution in [0.4, 0.5) is 0 Å². The van der Waals surface area contributed by atoms with Crippen LogP contribution < -0.4 is 0 Å². The van der Waals surface area contributed by atoms with Crippen molar-refractivity contribution in [3.05, 3.63) is 63.5 Å². The van der Waals surface area contributed by atoms with Crippen LogP contribution in [0.25, 0.3) is 0 Å². The summed E-state index contributed by atoms with van der Waals surface area (Å²) in [6.07, 6.45) is 20.8. The van der Waals surface area contributed by atoms with E-state index in [1.165, 1.54) is 6.42 Å². The zero-order valence-corrected chi connectivity index (χ0v) is 25.8. The molecule has 4 rings (SSSR count). The van der Waals surface area contributed by atoms with Gasteiger partial charge in [-0.2, -0.15) is 0 Å². The average molecular weight is 559 g/mol. The Kier molecular flexibility index (Phi) is 11.8. The van der Waals surface area contributed by atoms with Gasteiger partial charge in [0, 0.05) is 0 Å². The zero-order chi connectivity index (χ0) is 21.3. The summed E-state index contributed by atoms with van der Waals surface area (Å²) in [5.41, 5.74) is 1.88. The maximum absolute atomic E-state index is 4.93. The van der Waals surface area contributed by atoms with Crippen LogP contribution in [0.15, 0.2) is 48.6 Å². The third-order valence-corrected chi connectivity index (χ3v) is 14.2. The minimum absolute atomic E-state index is 0. The SMILES string of the molecule is CC(C)C1CC2C=CC=CC2C1[Si](C)(C)C1C(C)C2C=CC=CC2C1C.[CH3-].[CH3-].[Cl][Zr+2][Cl]. The van der Waals surface area contributed by atoms with E-state index in [0.29, 0.717) is 0 Å². The van der Waals surface area contributed by atoms with E-state index < -0.39 is 28.9 Å². The van der Waals surface area contributed by atoms with Gasteiger partial charge < -0.3 is 14.9 Å². The molecule has 0 spiro atoms. The molecule has 0 aliphatic heterocycles. The Balaban J connectivity index is 0.000000910. The summed E-state index contributed by atoms with van der Waals surface area (Å²) in [5, 5.41) is 0. The molecule has 8 atom stereocenters. The topological polar surface area (TPSA) is 0 Å². The van der Waals surface area contributed by atoms with Gasteiger partial charge in [-0.3, -0.25) is 0 Å². The van der Waals surface area contributed by atoms with Crippen LogP contribution in [0, 0.1) is 62.2 Å². The van der Waals surface area contributed by atoms with Gasteiger partial charge in [0.25, 0.3) is 0 Å². The molecule has 0 heterocycles. The Morgan fingerprint density at radius 1 is 0.774 bits per heavy atom. The van der Waals surface area contributed by atoms with Crippen molar-refractivity contribution in [2.45, 2.75) is 58.3 Å². The van der Waals surface area contributed by atoms with Gasteiger partial charge in [-0.05, 0) is 64.8 Å². The Morgan fingerprint density at radius 3 is 1.65 bits per heavy atom. The van der Waals surface area contributed by atoms with Crippen LogP contribution in [-0.2, 0) is 20.8 Å². The maximum atomic E-state index is 4.93. The normalized spacial score (nSPS) is 39.6. The molecule has 0 aromatic carbocycles. The van der Waals surface area contributed by atoms with Gasteiger partial charge in [-0.15, -0.1) is 0 Å². The van der Waals surface area contributed by atoms with E-state index in [2.05, 4.69) is 89.4 Å². The van der Waals surface area contributed by atoms with Gasteiger partial charge in [-0.25, -0.2) is 0 Å². The van der Waals surface area contributed by atoms with Crippen LogP contribution >= 0.6 is 17.0 Å². The van der Waals surface area contributed by atoms with Crippen molar-refractivity contribution < 1.29 is 20.8 Å². The number of halogens is 2. The molecule has 0 amide bonds. The first-order chi connectivity index (χ1) is 13.8. The molecule has 0 N–H and O–H groups in total. The second-order valence-electron chi connectivity index (χ2n) is 10.7. The summed E-state index contributed by atoms with van der Waals surface area (Å²) < 4.78 is 0. The van der Waals surface area contributed by atoms with Crippen molar-refractivity contribution in [3.63, 3.8) is 0 Å². The van der Waals surface area contributed by atoms with E-state index in [1.54, 1.807) is 0 Å². The van der Waals surface area contributed by atoms with Gasteiger partial charge in [0.2, 0.25) is 0 Å². The summed E-state index contributed by atoms with van der Waals surface area (Å²) in [6, 6.07) is 0. The van der Waals surface area contributed by atoms with Crippen molar-refractivity contribution in [2.24, 2.45) is 47.3 Å². The fourth-order valence-corrected chi connectivity index (χ4v) is 14.6.